The third-order valence-electron chi connectivity index (χ3n) is 5.71. The Morgan fingerprint density at radius 2 is 1.64 bits per heavy atom. The minimum absolute atomic E-state index is 0.0352. The minimum atomic E-state index is -0.665. The number of methoxy groups -OCH3 is 2. The Kier molecular flexibility index (Phi) is 8.45. The SMILES string of the molecule is COC(=O)C1=C(C(=O)OC)N(c2ccc(OC3CCN(C(=O)OC(C)(C)C)CC3)c(C)c2)C=CC=C1. The number of ether oxygens (including phenoxy) is 4. The van der Waals surface area contributed by atoms with Gasteiger partial charge in [-0.1, -0.05) is 6.08 Å². The van der Waals surface area contributed by atoms with Crippen LogP contribution in [-0.4, -0.2) is 61.9 Å². The van der Waals surface area contributed by atoms with E-state index in [0.29, 0.717) is 37.4 Å². The molecule has 2 heterocycles. The highest BCUT2D eigenvalue weighted by Crippen LogP contribution is 2.31. The van der Waals surface area contributed by atoms with Crippen LogP contribution in [0, 0.1) is 6.92 Å². The van der Waals surface area contributed by atoms with Crippen molar-refractivity contribution >= 4 is 23.7 Å². The standard InChI is InChI=1S/C27H34N2O7/c1-18-17-19(29-14-8-7-9-21(24(30)33-5)23(29)25(31)34-6)10-11-22(18)35-20-12-15-28(16-13-20)26(32)36-27(2,3)4/h7-11,14,17,20H,12-13,15-16H2,1-6H3. The molecule has 2 aliphatic rings. The molecule has 0 radical (unpaired) electrons. The second-order valence-electron chi connectivity index (χ2n) is 9.55. The van der Waals surface area contributed by atoms with E-state index in [1.54, 1.807) is 28.2 Å². The van der Waals surface area contributed by atoms with E-state index < -0.39 is 17.5 Å². The Labute approximate surface area is 211 Å². The number of carbonyl (C=O) groups excluding carboxylic acids is 3. The molecule has 194 valence electrons. The lowest BCUT2D eigenvalue weighted by molar-refractivity contribution is -0.139. The molecule has 1 saturated heterocycles. The highest BCUT2D eigenvalue weighted by atomic mass is 16.6. The molecule has 0 bridgehead atoms. The van der Waals surface area contributed by atoms with E-state index >= 15 is 0 Å². The van der Waals surface area contributed by atoms with Gasteiger partial charge in [0.15, 0.2) is 0 Å². The molecule has 1 amide bonds. The highest BCUT2D eigenvalue weighted by Gasteiger charge is 2.29. The number of piperidine rings is 1. The summed E-state index contributed by atoms with van der Waals surface area (Å²) in [5, 5.41) is 0. The molecule has 0 spiro atoms. The Hall–Kier alpha value is -3.75. The Morgan fingerprint density at radius 1 is 0.972 bits per heavy atom. The summed E-state index contributed by atoms with van der Waals surface area (Å²) < 4.78 is 21.5. The molecule has 3 rings (SSSR count). The van der Waals surface area contributed by atoms with Crippen molar-refractivity contribution in [2.45, 2.75) is 52.2 Å². The van der Waals surface area contributed by atoms with Gasteiger partial charge in [0.05, 0.1) is 19.8 Å². The molecule has 0 aromatic heterocycles. The molecule has 2 aliphatic heterocycles. The number of amides is 1. The fourth-order valence-corrected chi connectivity index (χ4v) is 3.94. The number of nitrogens with zero attached hydrogens (tertiary/aromatic N) is 2. The van der Waals surface area contributed by atoms with Crippen LogP contribution in [0.2, 0.25) is 0 Å². The number of hydrogen-bond acceptors (Lipinski definition) is 8. The Bertz CT molecular complexity index is 1090. The first-order valence-electron chi connectivity index (χ1n) is 11.8. The molecule has 0 saturated carbocycles. The van der Waals surface area contributed by atoms with Crippen LogP contribution in [0.25, 0.3) is 0 Å². The Morgan fingerprint density at radius 3 is 2.22 bits per heavy atom. The third kappa shape index (κ3) is 6.47. The number of hydrogen-bond donors (Lipinski definition) is 0. The van der Waals surface area contributed by atoms with Crippen LogP contribution in [0.1, 0.15) is 39.2 Å². The van der Waals surface area contributed by atoms with Crippen LogP contribution in [0.4, 0.5) is 10.5 Å². The monoisotopic (exact) mass is 498 g/mol. The lowest BCUT2D eigenvalue weighted by Gasteiger charge is -2.33. The predicted octanol–water partition coefficient (Wildman–Crippen LogP) is 4.26. The lowest BCUT2D eigenvalue weighted by Crippen LogP contribution is -2.44. The molecular weight excluding hydrogens is 464 g/mol. The zero-order chi connectivity index (χ0) is 26.5. The summed E-state index contributed by atoms with van der Waals surface area (Å²) in [4.78, 5) is 40.6. The van der Waals surface area contributed by atoms with Gasteiger partial charge in [0, 0.05) is 37.8 Å². The lowest BCUT2D eigenvalue weighted by atomic mass is 10.1. The number of rotatable bonds is 5. The van der Waals surface area contributed by atoms with Crippen molar-refractivity contribution in [3.8, 4) is 5.75 Å². The predicted molar refractivity (Wildman–Crippen MR) is 134 cm³/mol. The maximum Gasteiger partial charge on any atom is 0.410 e. The fraction of sp³-hybridized carbons (Fsp3) is 0.444. The van der Waals surface area contributed by atoms with Crippen molar-refractivity contribution in [1.29, 1.82) is 0 Å². The van der Waals surface area contributed by atoms with Gasteiger partial charge in [-0.25, -0.2) is 14.4 Å². The molecule has 1 aromatic carbocycles. The van der Waals surface area contributed by atoms with E-state index in [0.717, 1.165) is 5.56 Å². The number of esters is 2. The summed E-state index contributed by atoms with van der Waals surface area (Å²) >= 11 is 0. The van der Waals surface area contributed by atoms with Gasteiger partial charge in [-0.05, 0) is 63.6 Å². The number of carbonyl (C=O) groups is 3. The van der Waals surface area contributed by atoms with Crippen LogP contribution in [0.3, 0.4) is 0 Å². The third-order valence-corrected chi connectivity index (χ3v) is 5.71. The van der Waals surface area contributed by atoms with Gasteiger partial charge in [-0.2, -0.15) is 0 Å². The average Bonchev–Trinajstić information content (AvgIpc) is 3.07. The molecule has 0 N–H and O–H groups in total. The molecule has 1 aromatic rings. The maximum atomic E-state index is 12.6. The first-order valence-corrected chi connectivity index (χ1v) is 11.8. The highest BCUT2D eigenvalue weighted by molar-refractivity contribution is 6.05. The number of allylic oxidation sites excluding steroid dienone is 2. The van der Waals surface area contributed by atoms with E-state index in [4.69, 9.17) is 18.9 Å². The fourth-order valence-electron chi connectivity index (χ4n) is 3.94. The van der Waals surface area contributed by atoms with Gasteiger partial charge in [-0.3, -0.25) is 0 Å². The van der Waals surface area contributed by atoms with Crippen molar-refractivity contribution in [2.24, 2.45) is 0 Å². The van der Waals surface area contributed by atoms with Crippen molar-refractivity contribution in [1.82, 2.24) is 4.90 Å². The first-order chi connectivity index (χ1) is 17.0. The first kappa shape index (κ1) is 26.8. The van der Waals surface area contributed by atoms with Gasteiger partial charge in [0.25, 0.3) is 0 Å². The normalized spacial score (nSPS) is 16.5. The quantitative estimate of drug-likeness (QED) is 0.439. The molecular formula is C27H34N2O7. The summed E-state index contributed by atoms with van der Waals surface area (Å²) in [6.45, 7) is 8.59. The van der Waals surface area contributed by atoms with Gasteiger partial charge < -0.3 is 28.7 Å². The van der Waals surface area contributed by atoms with E-state index in [1.165, 1.54) is 20.3 Å². The smallest absolute Gasteiger partial charge is 0.410 e. The van der Waals surface area contributed by atoms with Gasteiger partial charge in [0.2, 0.25) is 0 Å². The van der Waals surface area contributed by atoms with Crippen LogP contribution in [-0.2, 0) is 23.8 Å². The van der Waals surface area contributed by atoms with E-state index in [-0.39, 0.29) is 23.5 Å². The second kappa shape index (κ2) is 11.3. The van der Waals surface area contributed by atoms with Crippen molar-refractivity contribution in [3.05, 3.63) is 59.5 Å². The van der Waals surface area contributed by atoms with Crippen molar-refractivity contribution in [2.75, 3.05) is 32.2 Å². The summed E-state index contributed by atoms with van der Waals surface area (Å²) in [6, 6.07) is 5.52. The van der Waals surface area contributed by atoms with Crippen LogP contribution < -0.4 is 9.64 Å². The molecule has 0 atom stereocenters. The number of benzene rings is 1. The van der Waals surface area contributed by atoms with Crippen molar-refractivity contribution < 1.29 is 33.3 Å². The summed E-state index contributed by atoms with van der Waals surface area (Å²) in [5.41, 5.74) is 1.13. The summed E-state index contributed by atoms with van der Waals surface area (Å²) in [7, 11) is 2.52. The molecule has 1 fully saturated rings. The van der Waals surface area contributed by atoms with Crippen molar-refractivity contribution in [3.63, 3.8) is 0 Å². The topological polar surface area (TPSA) is 94.6 Å². The molecule has 9 heteroatoms. The Balaban J connectivity index is 1.75. The van der Waals surface area contributed by atoms with E-state index in [9.17, 15) is 14.4 Å². The number of aryl methyl sites for hydroxylation is 1. The summed E-state index contributed by atoms with van der Waals surface area (Å²) in [5.74, 6) is -0.598. The molecule has 0 unspecified atom stereocenters. The van der Waals surface area contributed by atoms with E-state index in [2.05, 4.69) is 0 Å². The van der Waals surface area contributed by atoms with Gasteiger partial charge in [0.1, 0.15) is 23.2 Å². The molecule has 36 heavy (non-hydrogen) atoms. The van der Waals surface area contributed by atoms with Gasteiger partial charge in [-0.15, -0.1) is 0 Å². The zero-order valence-corrected chi connectivity index (χ0v) is 21.7. The average molecular weight is 499 g/mol. The number of likely N-dealkylation sites (tertiary alicyclic amines) is 1. The minimum Gasteiger partial charge on any atom is -0.490 e. The number of anilines is 1. The second-order valence-corrected chi connectivity index (χ2v) is 9.55. The maximum absolute atomic E-state index is 12.6. The van der Waals surface area contributed by atoms with Gasteiger partial charge >= 0.3 is 18.0 Å². The zero-order valence-electron chi connectivity index (χ0n) is 21.7. The molecule has 0 aliphatic carbocycles. The van der Waals surface area contributed by atoms with Crippen LogP contribution in [0.5, 0.6) is 5.75 Å². The van der Waals surface area contributed by atoms with E-state index in [1.807, 2.05) is 45.9 Å². The van der Waals surface area contributed by atoms with Crippen LogP contribution in [0.15, 0.2) is 53.9 Å². The largest absolute Gasteiger partial charge is 0.490 e. The summed E-state index contributed by atoms with van der Waals surface area (Å²) in [6.07, 6.45) is 7.62. The molecule has 9 nitrogen and oxygen atoms in total. The van der Waals surface area contributed by atoms with Crippen LogP contribution >= 0.6 is 0 Å².